The van der Waals surface area contributed by atoms with E-state index < -0.39 is 0 Å². The van der Waals surface area contributed by atoms with Crippen molar-refractivity contribution in [2.45, 2.75) is 51.6 Å². The Kier molecular flexibility index (Phi) is 3.92. The Morgan fingerprint density at radius 1 is 1.27 bits per heavy atom. The van der Waals surface area contributed by atoms with Crippen LogP contribution in [0.15, 0.2) is 0 Å². The zero-order valence-electron chi connectivity index (χ0n) is 7.81. The molecule has 1 heteroatoms. The quantitative estimate of drug-likeness (QED) is 0.610. The Morgan fingerprint density at radius 3 is 2.64 bits per heavy atom. The van der Waals surface area contributed by atoms with E-state index in [1.54, 1.807) is 0 Å². The van der Waals surface area contributed by atoms with Gasteiger partial charge in [-0.15, -0.1) is 0 Å². The first-order valence-electron chi connectivity index (χ1n) is 4.91. The molecular formula is C10H20O. The summed E-state index contributed by atoms with van der Waals surface area (Å²) in [6, 6.07) is 0. The lowest BCUT2D eigenvalue weighted by Crippen LogP contribution is -2.26. The van der Waals surface area contributed by atoms with Crippen molar-refractivity contribution < 1.29 is 4.74 Å². The van der Waals surface area contributed by atoms with Crippen LogP contribution >= 0.6 is 0 Å². The first-order valence-corrected chi connectivity index (χ1v) is 4.91. The molecule has 0 aromatic carbocycles. The summed E-state index contributed by atoms with van der Waals surface area (Å²) in [6.45, 7) is 2.27. The van der Waals surface area contributed by atoms with Crippen LogP contribution in [0.5, 0.6) is 0 Å². The molecule has 0 aromatic heterocycles. The second-order valence-electron chi connectivity index (χ2n) is 3.61. The highest BCUT2D eigenvalue weighted by atomic mass is 16.5. The lowest BCUT2D eigenvalue weighted by molar-refractivity contribution is 0.0201. The Hall–Kier alpha value is -0.0400. The van der Waals surface area contributed by atoms with Crippen LogP contribution in [0.2, 0.25) is 0 Å². The molecule has 0 amide bonds. The zero-order valence-corrected chi connectivity index (χ0v) is 7.81. The van der Waals surface area contributed by atoms with Crippen LogP contribution in [-0.2, 0) is 4.74 Å². The van der Waals surface area contributed by atoms with Gasteiger partial charge in [0.1, 0.15) is 0 Å². The van der Waals surface area contributed by atoms with Crippen molar-refractivity contribution in [1.29, 1.82) is 0 Å². The van der Waals surface area contributed by atoms with Gasteiger partial charge in [-0.25, -0.2) is 0 Å². The van der Waals surface area contributed by atoms with E-state index in [-0.39, 0.29) is 0 Å². The molecule has 1 aliphatic carbocycles. The maximum absolute atomic E-state index is 5.46. The topological polar surface area (TPSA) is 9.23 Å². The van der Waals surface area contributed by atoms with Gasteiger partial charge in [-0.2, -0.15) is 0 Å². The Balaban J connectivity index is 2.31. The van der Waals surface area contributed by atoms with E-state index in [1.807, 2.05) is 7.11 Å². The largest absolute Gasteiger partial charge is 0.381 e. The monoisotopic (exact) mass is 156 g/mol. The molecule has 0 radical (unpaired) electrons. The molecule has 2 atom stereocenters. The molecule has 11 heavy (non-hydrogen) atoms. The van der Waals surface area contributed by atoms with Gasteiger partial charge in [-0.05, 0) is 25.2 Å². The average molecular weight is 156 g/mol. The van der Waals surface area contributed by atoms with Crippen LogP contribution in [0, 0.1) is 5.92 Å². The lowest BCUT2D eigenvalue weighted by Gasteiger charge is -2.30. The summed E-state index contributed by atoms with van der Waals surface area (Å²) >= 11 is 0. The highest BCUT2D eigenvalue weighted by Crippen LogP contribution is 2.29. The second-order valence-corrected chi connectivity index (χ2v) is 3.61. The maximum Gasteiger partial charge on any atom is 0.0599 e. The van der Waals surface area contributed by atoms with E-state index in [0.29, 0.717) is 6.10 Å². The highest BCUT2D eigenvalue weighted by molar-refractivity contribution is 4.74. The first kappa shape index (κ1) is 9.05. The van der Waals surface area contributed by atoms with Crippen molar-refractivity contribution >= 4 is 0 Å². The van der Waals surface area contributed by atoms with Crippen LogP contribution in [0.1, 0.15) is 45.4 Å². The van der Waals surface area contributed by atoms with Gasteiger partial charge < -0.3 is 4.74 Å². The average Bonchev–Trinajstić information content (AvgIpc) is 2.06. The van der Waals surface area contributed by atoms with Crippen LogP contribution in [0.25, 0.3) is 0 Å². The van der Waals surface area contributed by atoms with Crippen molar-refractivity contribution in [3.05, 3.63) is 0 Å². The standard InChI is InChI=1S/C10H20O/c1-3-6-9-7-4-5-8-10(9)11-2/h9-10H,3-8H2,1-2H3/t9-,10-/m1/s1. The van der Waals surface area contributed by atoms with Gasteiger partial charge in [0.2, 0.25) is 0 Å². The van der Waals surface area contributed by atoms with Gasteiger partial charge in [0, 0.05) is 7.11 Å². The van der Waals surface area contributed by atoms with Crippen LogP contribution in [0.4, 0.5) is 0 Å². The van der Waals surface area contributed by atoms with Gasteiger partial charge in [-0.1, -0.05) is 26.2 Å². The summed E-state index contributed by atoms with van der Waals surface area (Å²) in [7, 11) is 1.86. The number of methoxy groups -OCH3 is 1. The van der Waals surface area contributed by atoms with Crippen molar-refractivity contribution in [3.8, 4) is 0 Å². The third kappa shape index (κ3) is 2.48. The third-order valence-corrected chi connectivity index (χ3v) is 2.80. The lowest BCUT2D eigenvalue weighted by atomic mass is 9.84. The molecule has 0 N–H and O–H groups in total. The minimum absolute atomic E-state index is 0.573. The van der Waals surface area contributed by atoms with Gasteiger partial charge in [-0.3, -0.25) is 0 Å². The summed E-state index contributed by atoms with van der Waals surface area (Å²) < 4.78 is 5.46. The Labute approximate surface area is 70.1 Å². The SMILES string of the molecule is CCC[C@@H]1CCCC[C@H]1OC. The van der Waals surface area contributed by atoms with Crippen molar-refractivity contribution in [3.63, 3.8) is 0 Å². The van der Waals surface area contributed by atoms with Crippen molar-refractivity contribution in [1.82, 2.24) is 0 Å². The molecule has 1 rings (SSSR count). The molecule has 66 valence electrons. The van der Waals surface area contributed by atoms with E-state index in [0.717, 1.165) is 5.92 Å². The molecule has 0 unspecified atom stereocenters. The third-order valence-electron chi connectivity index (χ3n) is 2.80. The van der Waals surface area contributed by atoms with E-state index in [4.69, 9.17) is 4.74 Å². The fraction of sp³-hybridized carbons (Fsp3) is 1.00. The van der Waals surface area contributed by atoms with Crippen molar-refractivity contribution in [2.75, 3.05) is 7.11 Å². The molecule has 0 heterocycles. The molecule has 1 nitrogen and oxygen atoms in total. The minimum atomic E-state index is 0.573. The molecule has 1 aliphatic rings. The minimum Gasteiger partial charge on any atom is -0.381 e. The fourth-order valence-electron chi connectivity index (χ4n) is 2.18. The van der Waals surface area contributed by atoms with Gasteiger partial charge in [0.15, 0.2) is 0 Å². The van der Waals surface area contributed by atoms with E-state index >= 15 is 0 Å². The molecule has 0 aromatic rings. The first-order chi connectivity index (χ1) is 5.38. The van der Waals surface area contributed by atoms with Gasteiger partial charge in [0.25, 0.3) is 0 Å². The summed E-state index contributed by atoms with van der Waals surface area (Å²) in [5, 5.41) is 0. The smallest absolute Gasteiger partial charge is 0.0599 e. The van der Waals surface area contributed by atoms with Crippen LogP contribution in [0.3, 0.4) is 0 Å². The number of hydrogen-bond acceptors (Lipinski definition) is 1. The summed E-state index contributed by atoms with van der Waals surface area (Å²) in [4.78, 5) is 0. The number of hydrogen-bond donors (Lipinski definition) is 0. The van der Waals surface area contributed by atoms with E-state index in [9.17, 15) is 0 Å². The molecule has 0 aliphatic heterocycles. The highest BCUT2D eigenvalue weighted by Gasteiger charge is 2.23. The zero-order chi connectivity index (χ0) is 8.10. The van der Waals surface area contributed by atoms with E-state index in [2.05, 4.69) is 6.92 Å². The number of rotatable bonds is 3. The maximum atomic E-state index is 5.46. The predicted octanol–water partition coefficient (Wildman–Crippen LogP) is 2.99. The van der Waals surface area contributed by atoms with Gasteiger partial charge in [0.05, 0.1) is 6.10 Å². The van der Waals surface area contributed by atoms with Crippen LogP contribution < -0.4 is 0 Å². The molecular weight excluding hydrogens is 136 g/mol. The summed E-state index contributed by atoms with van der Waals surface area (Å²) in [5.74, 6) is 0.860. The molecule has 0 bridgehead atoms. The van der Waals surface area contributed by atoms with Crippen molar-refractivity contribution in [2.24, 2.45) is 5.92 Å². The molecule has 1 fully saturated rings. The summed E-state index contributed by atoms with van der Waals surface area (Å²) in [6.07, 6.45) is 8.73. The molecule has 0 saturated heterocycles. The van der Waals surface area contributed by atoms with Gasteiger partial charge >= 0.3 is 0 Å². The Bertz CT molecular complexity index is 99.0. The second kappa shape index (κ2) is 4.76. The molecule has 0 spiro atoms. The normalized spacial score (nSPS) is 32.2. The van der Waals surface area contributed by atoms with Crippen LogP contribution in [-0.4, -0.2) is 13.2 Å². The Morgan fingerprint density at radius 2 is 2.00 bits per heavy atom. The van der Waals surface area contributed by atoms with E-state index in [1.165, 1.54) is 38.5 Å². The predicted molar refractivity (Wildman–Crippen MR) is 47.7 cm³/mol. The fourth-order valence-corrected chi connectivity index (χ4v) is 2.18. The number of ether oxygens (including phenoxy) is 1. The molecule has 1 saturated carbocycles. The summed E-state index contributed by atoms with van der Waals surface area (Å²) in [5.41, 5.74) is 0.